The minimum Gasteiger partial charge on any atom is -0.478 e. The van der Waals surface area contributed by atoms with Gasteiger partial charge >= 0.3 is 11.6 Å². The summed E-state index contributed by atoms with van der Waals surface area (Å²) in [5, 5.41) is 10.4. The van der Waals surface area contributed by atoms with Crippen molar-refractivity contribution in [3.8, 4) is 0 Å². The first-order chi connectivity index (χ1) is 16.8. The summed E-state index contributed by atoms with van der Waals surface area (Å²) in [6.07, 6.45) is 9.03. The number of fused-ring (bicyclic) bond motifs is 2. The van der Waals surface area contributed by atoms with Crippen molar-refractivity contribution >= 4 is 28.4 Å². The van der Waals surface area contributed by atoms with Crippen LogP contribution >= 0.6 is 0 Å². The van der Waals surface area contributed by atoms with E-state index in [-0.39, 0.29) is 11.3 Å². The fraction of sp³-hybridized carbons (Fsp3) is 0.276. The van der Waals surface area contributed by atoms with Crippen LogP contribution in [0.1, 0.15) is 65.3 Å². The fourth-order valence-electron chi connectivity index (χ4n) is 5.42. The number of allylic oxidation sites excluding steroid dienone is 4. The van der Waals surface area contributed by atoms with E-state index in [2.05, 4.69) is 13.0 Å². The van der Waals surface area contributed by atoms with Crippen LogP contribution in [0.25, 0.3) is 11.0 Å². The van der Waals surface area contributed by atoms with E-state index in [0.29, 0.717) is 11.1 Å². The number of hydrogen-bond donors (Lipinski definition) is 1. The molecule has 0 saturated carbocycles. The molecule has 2 heterocycles. The van der Waals surface area contributed by atoms with Crippen LogP contribution in [0.2, 0.25) is 0 Å². The third-order valence-electron chi connectivity index (χ3n) is 7.27. The molecule has 1 aliphatic carbocycles. The average Bonchev–Trinajstić information content (AvgIpc) is 3.05. The molecule has 2 aromatic carbocycles. The smallest absolute Gasteiger partial charge is 0.336 e. The maximum atomic E-state index is 13.4. The number of carboxylic acid groups (broad SMARTS) is 1. The highest BCUT2D eigenvalue weighted by Gasteiger charge is 2.43. The van der Waals surface area contributed by atoms with Gasteiger partial charge in [0.05, 0.1) is 5.56 Å². The summed E-state index contributed by atoms with van der Waals surface area (Å²) >= 11 is 0. The van der Waals surface area contributed by atoms with Crippen molar-refractivity contribution in [1.29, 1.82) is 0 Å². The van der Waals surface area contributed by atoms with Gasteiger partial charge in [-0.25, -0.2) is 9.59 Å². The van der Waals surface area contributed by atoms with Crippen LogP contribution in [-0.2, 0) is 5.41 Å². The van der Waals surface area contributed by atoms with Gasteiger partial charge < -0.3 is 14.4 Å². The van der Waals surface area contributed by atoms with Gasteiger partial charge in [-0.1, -0.05) is 23.8 Å². The van der Waals surface area contributed by atoms with Crippen molar-refractivity contribution in [3.05, 3.63) is 99.1 Å². The number of carbonyl (C=O) groups excluding carboxylic acids is 1. The van der Waals surface area contributed by atoms with Crippen LogP contribution < -0.4 is 10.5 Å². The lowest BCUT2D eigenvalue weighted by Gasteiger charge is -2.31. The van der Waals surface area contributed by atoms with Gasteiger partial charge in [-0.2, -0.15) is 0 Å². The Morgan fingerprint density at radius 3 is 2.60 bits per heavy atom. The van der Waals surface area contributed by atoms with E-state index >= 15 is 0 Å². The monoisotopic (exact) mass is 469 g/mol. The molecule has 0 spiro atoms. The Morgan fingerprint density at radius 2 is 1.86 bits per heavy atom. The van der Waals surface area contributed by atoms with Gasteiger partial charge in [-0.3, -0.25) is 4.79 Å². The van der Waals surface area contributed by atoms with Crippen LogP contribution in [0.15, 0.2) is 81.2 Å². The molecule has 3 aromatic rings. The van der Waals surface area contributed by atoms with E-state index in [0.717, 1.165) is 48.0 Å². The molecule has 5 rings (SSSR count). The van der Waals surface area contributed by atoms with Gasteiger partial charge in [0.2, 0.25) is 0 Å². The summed E-state index contributed by atoms with van der Waals surface area (Å²) in [6.45, 7) is 2.09. The van der Waals surface area contributed by atoms with E-state index in [9.17, 15) is 19.5 Å². The average molecular weight is 470 g/mol. The number of carbonyl (C=O) groups is 2. The molecule has 0 saturated heterocycles. The number of benzene rings is 2. The summed E-state index contributed by atoms with van der Waals surface area (Å²) in [7, 11) is 1.92. The first-order valence-electron chi connectivity index (χ1n) is 11.9. The van der Waals surface area contributed by atoms with E-state index in [1.807, 2.05) is 18.0 Å². The second kappa shape index (κ2) is 8.69. The molecule has 1 aliphatic heterocycles. The molecule has 0 radical (unpaired) electrons. The van der Waals surface area contributed by atoms with Gasteiger partial charge in [0, 0.05) is 46.9 Å². The molecule has 1 atom stereocenters. The molecule has 2 aliphatic rings. The Morgan fingerprint density at radius 1 is 1.09 bits per heavy atom. The molecule has 1 unspecified atom stereocenters. The Kier molecular flexibility index (Phi) is 5.67. The minimum atomic E-state index is -0.971. The molecule has 1 N–H and O–H groups in total. The third-order valence-corrected chi connectivity index (χ3v) is 7.27. The number of ketones is 1. The Labute approximate surface area is 203 Å². The number of nitrogens with zero attached hydrogens (tertiary/aromatic N) is 1. The summed E-state index contributed by atoms with van der Waals surface area (Å²) in [5.74, 6) is -1.17. The quantitative estimate of drug-likeness (QED) is 0.218. The normalized spacial score (nSPS) is 20.7. The summed E-state index contributed by atoms with van der Waals surface area (Å²) in [6, 6.07) is 13.3. The molecular weight excluding hydrogens is 442 g/mol. The maximum Gasteiger partial charge on any atom is 0.336 e. The predicted molar refractivity (Wildman–Crippen MR) is 135 cm³/mol. The van der Waals surface area contributed by atoms with Gasteiger partial charge in [0.1, 0.15) is 5.58 Å². The lowest BCUT2D eigenvalue weighted by atomic mass is 9.74. The molecular formula is C29H27NO5. The van der Waals surface area contributed by atoms with Crippen molar-refractivity contribution < 1.29 is 19.1 Å². The van der Waals surface area contributed by atoms with Crippen molar-refractivity contribution in [1.82, 2.24) is 0 Å². The first kappa shape index (κ1) is 22.8. The highest BCUT2D eigenvalue weighted by molar-refractivity contribution is 6.07. The highest BCUT2D eigenvalue weighted by atomic mass is 16.4. The maximum absolute atomic E-state index is 13.4. The van der Waals surface area contributed by atoms with Gasteiger partial charge in [0.25, 0.3) is 0 Å². The van der Waals surface area contributed by atoms with Crippen LogP contribution in [0.3, 0.4) is 0 Å². The van der Waals surface area contributed by atoms with Crippen LogP contribution in [0.5, 0.6) is 0 Å². The zero-order valence-electron chi connectivity index (χ0n) is 19.8. The minimum absolute atomic E-state index is 0.199. The Balaban J connectivity index is 1.61. The van der Waals surface area contributed by atoms with E-state index in [1.54, 1.807) is 42.5 Å². The molecule has 6 nitrogen and oxygen atoms in total. The van der Waals surface area contributed by atoms with Gasteiger partial charge in [-0.15, -0.1) is 0 Å². The summed E-state index contributed by atoms with van der Waals surface area (Å²) < 4.78 is 5.27. The predicted octanol–water partition coefficient (Wildman–Crippen LogP) is 5.86. The zero-order chi connectivity index (χ0) is 24.7. The number of hydrogen-bond acceptors (Lipinski definition) is 5. The lowest BCUT2D eigenvalue weighted by molar-refractivity contribution is 0.0696. The second-order valence-electron chi connectivity index (χ2n) is 9.61. The van der Waals surface area contributed by atoms with Crippen LogP contribution in [-0.4, -0.2) is 23.9 Å². The number of rotatable bonds is 5. The SMILES string of the molecule is CN1C(=CC(=O)c2ccc3ccc(=O)oc3c2)C(C)(CC2=CCCCC2)c2cc(C(=O)O)ccc21. The van der Waals surface area contributed by atoms with E-state index in [1.165, 1.54) is 18.1 Å². The van der Waals surface area contributed by atoms with Crippen LogP contribution in [0, 0.1) is 0 Å². The fourth-order valence-corrected chi connectivity index (χ4v) is 5.42. The molecule has 0 bridgehead atoms. The summed E-state index contributed by atoms with van der Waals surface area (Å²) in [4.78, 5) is 38.8. The van der Waals surface area contributed by atoms with E-state index in [4.69, 9.17) is 4.42 Å². The van der Waals surface area contributed by atoms with Crippen molar-refractivity contribution in [2.75, 3.05) is 11.9 Å². The standard InChI is InChI=1S/C29H27NO5/c1-29(17-18-6-4-3-5-7-18)22-14-21(28(33)34)10-12-23(22)30(2)26(29)16-24(31)20-9-8-19-11-13-27(32)35-25(19)15-20/h6,8-16H,3-5,7,17H2,1-2H3,(H,33,34). The van der Waals surface area contributed by atoms with E-state index < -0.39 is 17.0 Å². The van der Waals surface area contributed by atoms with Crippen LogP contribution in [0.4, 0.5) is 5.69 Å². The summed E-state index contributed by atoms with van der Waals surface area (Å²) in [5.41, 5.74) is 3.98. The molecule has 178 valence electrons. The largest absolute Gasteiger partial charge is 0.478 e. The lowest BCUT2D eigenvalue weighted by Crippen LogP contribution is -2.28. The van der Waals surface area contributed by atoms with Gasteiger partial charge in [-0.05, 0) is 74.9 Å². The molecule has 6 heteroatoms. The molecule has 1 aromatic heterocycles. The number of carboxylic acids is 1. The van der Waals surface area contributed by atoms with Crippen molar-refractivity contribution in [3.63, 3.8) is 0 Å². The number of anilines is 1. The highest BCUT2D eigenvalue weighted by Crippen LogP contribution is 2.51. The molecule has 0 fully saturated rings. The number of likely N-dealkylation sites (N-methyl/N-ethyl adjacent to an activating group) is 1. The van der Waals surface area contributed by atoms with Crippen molar-refractivity contribution in [2.45, 2.75) is 44.4 Å². The number of aromatic carboxylic acids is 1. The second-order valence-corrected chi connectivity index (χ2v) is 9.61. The van der Waals surface area contributed by atoms with Crippen molar-refractivity contribution in [2.24, 2.45) is 0 Å². The Hall–Kier alpha value is -3.93. The first-order valence-corrected chi connectivity index (χ1v) is 11.9. The molecule has 0 amide bonds. The molecule has 35 heavy (non-hydrogen) atoms. The Bertz CT molecular complexity index is 1480. The third kappa shape index (κ3) is 4.09. The topological polar surface area (TPSA) is 87.8 Å². The van der Waals surface area contributed by atoms with Gasteiger partial charge in [0.15, 0.2) is 5.78 Å². The zero-order valence-corrected chi connectivity index (χ0v) is 19.8.